The number of nitrogens with one attached hydrogen (secondary N) is 2. The predicted octanol–water partition coefficient (Wildman–Crippen LogP) is 2.53. The van der Waals surface area contributed by atoms with Crippen LogP contribution in [0.15, 0.2) is 41.7 Å². The first-order valence-corrected chi connectivity index (χ1v) is 10.9. The second-order valence-corrected chi connectivity index (χ2v) is 8.72. The lowest BCUT2D eigenvalue weighted by atomic mass is 10.2. The van der Waals surface area contributed by atoms with E-state index in [1.54, 1.807) is 52.0 Å². The quantitative estimate of drug-likeness (QED) is 0.471. The molecule has 2 N–H and O–H groups in total. The normalized spacial score (nSPS) is 12.4. The van der Waals surface area contributed by atoms with Gasteiger partial charge in [-0.05, 0) is 45.9 Å². The van der Waals surface area contributed by atoms with Gasteiger partial charge in [-0.3, -0.25) is 14.7 Å². The molecule has 33 heavy (non-hydrogen) atoms. The van der Waals surface area contributed by atoms with E-state index in [-0.39, 0.29) is 28.9 Å². The van der Waals surface area contributed by atoms with E-state index in [1.807, 2.05) is 6.07 Å². The van der Waals surface area contributed by atoms with Crippen molar-refractivity contribution in [3.05, 3.63) is 56.5 Å². The largest absolute Gasteiger partial charge is 0.457 e. The Hall–Kier alpha value is -3.84. The highest BCUT2D eigenvalue weighted by Crippen LogP contribution is 2.16. The third kappa shape index (κ3) is 7.08. The Labute approximate surface area is 195 Å². The number of amides is 1. The number of ether oxygens (including phenoxy) is 2. The van der Waals surface area contributed by atoms with Gasteiger partial charge in [-0.25, -0.2) is 9.59 Å². The summed E-state index contributed by atoms with van der Waals surface area (Å²) >= 11 is 1.00. The van der Waals surface area contributed by atoms with Crippen LogP contribution in [-0.2, 0) is 20.8 Å². The van der Waals surface area contributed by atoms with Gasteiger partial charge in [0.25, 0.3) is 5.56 Å². The number of rotatable bonds is 7. The van der Waals surface area contributed by atoms with E-state index in [9.17, 15) is 19.6 Å². The van der Waals surface area contributed by atoms with Crippen LogP contribution >= 0.6 is 11.3 Å². The maximum absolute atomic E-state index is 12.8. The fraction of sp³-hybridized carbons (Fsp3) is 0.304. The van der Waals surface area contributed by atoms with Gasteiger partial charge >= 0.3 is 12.1 Å². The second kappa shape index (κ2) is 11.2. The molecule has 1 amide bonds. The van der Waals surface area contributed by atoms with Crippen molar-refractivity contribution in [2.45, 2.75) is 39.8 Å². The molecule has 2 rings (SSSR count). The van der Waals surface area contributed by atoms with E-state index in [2.05, 4.69) is 17.2 Å². The highest BCUT2D eigenvalue weighted by atomic mass is 32.1. The number of hydrogen-bond acceptors (Lipinski definition) is 8. The van der Waals surface area contributed by atoms with Gasteiger partial charge in [-0.2, -0.15) is 5.26 Å². The van der Waals surface area contributed by atoms with Gasteiger partial charge in [0, 0.05) is 24.1 Å². The van der Waals surface area contributed by atoms with E-state index in [4.69, 9.17) is 9.47 Å². The summed E-state index contributed by atoms with van der Waals surface area (Å²) in [5.41, 5.74) is -0.107. The second-order valence-electron chi connectivity index (χ2n) is 7.69. The Morgan fingerprint density at radius 2 is 2.00 bits per heavy atom. The lowest BCUT2D eigenvalue weighted by Crippen LogP contribution is -2.32. The van der Waals surface area contributed by atoms with Gasteiger partial charge in [0.15, 0.2) is 5.57 Å². The minimum absolute atomic E-state index is 0.0417. The van der Waals surface area contributed by atoms with Gasteiger partial charge in [0.1, 0.15) is 27.5 Å². The van der Waals surface area contributed by atoms with Gasteiger partial charge < -0.3 is 14.8 Å². The third-order valence-electron chi connectivity index (χ3n) is 3.96. The summed E-state index contributed by atoms with van der Waals surface area (Å²) in [6.45, 7) is 10.7. The molecule has 0 saturated carbocycles. The van der Waals surface area contributed by atoms with Gasteiger partial charge in [-0.15, -0.1) is 11.3 Å². The van der Waals surface area contributed by atoms with E-state index in [0.717, 1.165) is 11.3 Å². The number of thiazole rings is 1. The maximum Gasteiger partial charge on any atom is 0.412 e. The standard InChI is InChI=1S/C23H26N4O5S/c1-6-11-31-21(29)17(13-24)20-27(7-2)19(28)18(33-20)14-25-15-9-8-10-16(12-15)26-22(30)32-23(3,4)5/h6,8-10,12,14,25H,1,7,11H2,2-5H3,(H,26,30)/b18-14+,20-17-. The summed E-state index contributed by atoms with van der Waals surface area (Å²) in [6.07, 6.45) is 2.29. The topological polar surface area (TPSA) is 122 Å². The Bertz CT molecular complexity index is 1260. The van der Waals surface area contributed by atoms with E-state index < -0.39 is 17.7 Å². The lowest BCUT2D eigenvalue weighted by molar-refractivity contribution is -0.135. The molecule has 0 atom stereocenters. The van der Waals surface area contributed by atoms with Crippen molar-refractivity contribution >= 4 is 46.5 Å². The zero-order valence-electron chi connectivity index (χ0n) is 18.9. The van der Waals surface area contributed by atoms with Crippen molar-refractivity contribution in [1.82, 2.24) is 4.57 Å². The van der Waals surface area contributed by atoms with Crippen molar-refractivity contribution in [2.24, 2.45) is 0 Å². The molecule has 0 saturated heterocycles. The van der Waals surface area contributed by atoms with Crippen LogP contribution < -0.4 is 25.4 Å². The molecule has 0 radical (unpaired) electrons. The molecular formula is C23H26N4O5S. The number of anilines is 2. The van der Waals surface area contributed by atoms with Gasteiger partial charge in [0.2, 0.25) is 0 Å². The highest BCUT2D eigenvalue weighted by Gasteiger charge is 2.17. The minimum Gasteiger partial charge on any atom is -0.457 e. The molecule has 0 bridgehead atoms. The first-order chi connectivity index (χ1) is 15.6. The molecule has 174 valence electrons. The van der Waals surface area contributed by atoms with Crippen LogP contribution in [-0.4, -0.2) is 28.8 Å². The molecule has 9 nitrogen and oxygen atoms in total. The number of carbonyl (C=O) groups is 2. The molecule has 0 aliphatic heterocycles. The average molecular weight is 471 g/mol. The van der Waals surface area contributed by atoms with Crippen LogP contribution in [0.5, 0.6) is 0 Å². The van der Waals surface area contributed by atoms with E-state index in [1.165, 1.54) is 16.8 Å². The monoisotopic (exact) mass is 470 g/mol. The predicted molar refractivity (Wildman–Crippen MR) is 128 cm³/mol. The zero-order chi connectivity index (χ0) is 24.6. The van der Waals surface area contributed by atoms with E-state index in [0.29, 0.717) is 15.9 Å². The molecular weight excluding hydrogens is 444 g/mol. The summed E-state index contributed by atoms with van der Waals surface area (Å²) < 4.78 is 12.0. The van der Waals surface area contributed by atoms with Gasteiger partial charge in [0.05, 0.1) is 0 Å². The van der Waals surface area contributed by atoms with Crippen molar-refractivity contribution in [3.8, 4) is 6.07 Å². The Balaban J connectivity index is 2.36. The summed E-state index contributed by atoms with van der Waals surface area (Å²) in [6, 6.07) is 8.68. The van der Waals surface area contributed by atoms with Crippen molar-refractivity contribution < 1.29 is 19.1 Å². The first-order valence-electron chi connectivity index (χ1n) is 10.1. The van der Waals surface area contributed by atoms with Crippen molar-refractivity contribution in [2.75, 3.05) is 17.2 Å². The fourth-order valence-corrected chi connectivity index (χ4v) is 3.71. The zero-order valence-corrected chi connectivity index (χ0v) is 19.7. The molecule has 0 spiro atoms. The third-order valence-corrected chi connectivity index (χ3v) is 5.09. The molecule has 1 aromatic heterocycles. The van der Waals surface area contributed by atoms with Crippen molar-refractivity contribution in [1.29, 1.82) is 5.26 Å². The number of benzene rings is 1. The molecule has 2 aromatic rings. The SMILES string of the molecule is C=CCOC(=O)/C(C#N)=c1\s/c(=C/Nc2cccc(NC(=O)OC(C)(C)C)c2)c(=O)n1CC. The van der Waals surface area contributed by atoms with Crippen LogP contribution in [0.25, 0.3) is 11.8 Å². The number of esters is 1. The fourth-order valence-electron chi connectivity index (χ4n) is 2.64. The average Bonchev–Trinajstić information content (AvgIpc) is 3.05. The Morgan fingerprint density at radius 1 is 1.30 bits per heavy atom. The smallest absolute Gasteiger partial charge is 0.412 e. The number of hydrogen-bond donors (Lipinski definition) is 2. The molecule has 1 aromatic carbocycles. The van der Waals surface area contributed by atoms with Crippen LogP contribution in [0.3, 0.4) is 0 Å². The van der Waals surface area contributed by atoms with Crippen LogP contribution in [0.4, 0.5) is 16.2 Å². The molecule has 0 fully saturated rings. The number of carbonyl (C=O) groups excluding carboxylic acids is 2. The number of nitrogens with zero attached hydrogens (tertiary/aromatic N) is 2. The van der Waals surface area contributed by atoms with Gasteiger partial charge in [-0.1, -0.05) is 18.7 Å². The molecule has 0 aliphatic rings. The molecule has 1 heterocycles. The van der Waals surface area contributed by atoms with Crippen LogP contribution in [0, 0.1) is 11.3 Å². The van der Waals surface area contributed by atoms with Crippen molar-refractivity contribution in [3.63, 3.8) is 0 Å². The lowest BCUT2D eigenvalue weighted by Gasteiger charge is -2.19. The van der Waals surface area contributed by atoms with Crippen LogP contribution in [0.2, 0.25) is 0 Å². The summed E-state index contributed by atoms with van der Waals surface area (Å²) in [7, 11) is 0. The van der Waals surface area contributed by atoms with E-state index >= 15 is 0 Å². The maximum atomic E-state index is 12.8. The Kier molecular flexibility index (Phi) is 8.59. The molecule has 0 unspecified atom stereocenters. The van der Waals surface area contributed by atoms with Crippen LogP contribution in [0.1, 0.15) is 27.7 Å². The summed E-state index contributed by atoms with van der Waals surface area (Å²) in [5.74, 6) is -0.818. The number of aromatic nitrogens is 1. The Morgan fingerprint density at radius 3 is 2.61 bits per heavy atom. The summed E-state index contributed by atoms with van der Waals surface area (Å²) in [4.78, 5) is 37.0. The molecule has 0 aliphatic carbocycles. The summed E-state index contributed by atoms with van der Waals surface area (Å²) in [5, 5.41) is 15.1. The highest BCUT2D eigenvalue weighted by molar-refractivity contribution is 7.07. The minimum atomic E-state index is -0.818. The number of nitriles is 1. The molecule has 10 heteroatoms. The first kappa shape index (κ1) is 25.4.